The normalized spacial score (nSPS) is 20.7. The fourth-order valence-electron chi connectivity index (χ4n) is 4.06. The summed E-state index contributed by atoms with van der Waals surface area (Å²) in [5.74, 6) is 0. The van der Waals surface area contributed by atoms with Crippen LogP contribution in [-0.2, 0) is 41.3 Å². The highest BCUT2D eigenvalue weighted by Crippen LogP contribution is 2.58. The van der Waals surface area contributed by atoms with E-state index in [-0.39, 0.29) is 19.8 Å². The van der Waals surface area contributed by atoms with Crippen molar-refractivity contribution >= 4 is 19.6 Å². The SMILES string of the molecule is CCOC(=O)N1CCc2ccc3c(c21)CCCC3(C#N)OP(=O)(OCC)OCC. The standard InChI is InChI=1S/C20H27N2O6P/c1-4-25-19(23)22-13-11-15-9-10-17-16(18(15)22)8-7-12-20(17,14-21)28-29(24,26-5-2)27-6-3/h9-10H,4-8,11-13H2,1-3H3. The average Bonchev–Trinajstić information content (AvgIpc) is 3.13. The third-order valence-corrected chi connectivity index (χ3v) is 6.83. The molecule has 1 aliphatic heterocycles. The average molecular weight is 422 g/mol. The number of carbonyl (C=O) groups excluding carboxylic acids is 1. The molecule has 0 saturated carbocycles. The van der Waals surface area contributed by atoms with Gasteiger partial charge in [-0.2, -0.15) is 5.26 Å². The van der Waals surface area contributed by atoms with Gasteiger partial charge in [-0.3, -0.25) is 18.5 Å². The largest absolute Gasteiger partial charge is 0.476 e. The number of ether oxygens (including phenoxy) is 1. The molecule has 1 atom stereocenters. The molecular formula is C20H27N2O6P. The molecule has 1 heterocycles. The molecule has 0 fully saturated rings. The number of fused-ring (bicyclic) bond motifs is 3. The number of phosphoric acid groups is 1. The van der Waals surface area contributed by atoms with Crippen molar-refractivity contribution in [3.8, 4) is 6.07 Å². The van der Waals surface area contributed by atoms with E-state index in [1.165, 1.54) is 0 Å². The molecule has 1 aliphatic carbocycles. The Morgan fingerprint density at radius 3 is 2.55 bits per heavy atom. The van der Waals surface area contributed by atoms with Crippen molar-refractivity contribution in [2.75, 3.05) is 31.3 Å². The van der Waals surface area contributed by atoms with E-state index in [9.17, 15) is 14.6 Å². The summed E-state index contributed by atoms with van der Waals surface area (Å²) in [6, 6.07) is 5.96. The first kappa shape index (κ1) is 21.8. The van der Waals surface area contributed by atoms with Crippen LogP contribution in [0.15, 0.2) is 12.1 Å². The summed E-state index contributed by atoms with van der Waals surface area (Å²) in [5, 5.41) is 10.1. The van der Waals surface area contributed by atoms with Crippen molar-refractivity contribution in [3.05, 3.63) is 28.8 Å². The van der Waals surface area contributed by atoms with E-state index in [1.54, 1.807) is 25.7 Å². The molecule has 0 radical (unpaired) electrons. The van der Waals surface area contributed by atoms with E-state index in [1.807, 2.05) is 12.1 Å². The molecule has 1 aromatic carbocycles. The van der Waals surface area contributed by atoms with Crippen molar-refractivity contribution in [2.45, 2.75) is 52.1 Å². The molecule has 2 aliphatic rings. The van der Waals surface area contributed by atoms with Crippen LogP contribution < -0.4 is 4.90 Å². The topological polar surface area (TPSA) is 98.1 Å². The Kier molecular flexibility index (Phi) is 6.65. The van der Waals surface area contributed by atoms with E-state index < -0.39 is 19.5 Å². The molecule has 3 rings (SSSR count). The van der Waals surface area contributed by atoms with E-state index in [2.05, 4.69) is 6.07 Å². The minimum absolute atomic E-state index is 0.131. The van der Waals surface area contributed by atoms with Gasteiger partial charge in [0.05, 0.1) is 25.5 Å². The molecule has 9 heteroatoms. The number of nitrogens with zero attached hydrogens (tertiary/aromatic N) is 2. The summed E-state index contributed by atoms with van der Waals surface area (Å²) in [7, 11) is -3.92. The van der Waals surface area contributed by atoms with Crippen molar-refractivity contribution in [2.24, 2.45) is 0 Å². The Balaban J connectivity index is 2.07. The van der Waals surface area contributed by atoms with Crippen LogP contribution in [0.25, 0.3) is 0 Å². The van der Waals surface area contributed by atoms with Crippen molar-refractivity contribution in [1.82, 2.24) is 0 Å². The first-order chi connectivity index (χ1) is 13.9. The molecule has 0 spiro atoms. The van der Waals surface area contributed by atoms with Crippen LogP contribution in [0.5, 0.6) is 0 Å². The van der Waals surface area contributed by atoms with E-state index >= 15 is 0 Å². The summed E-state index contributed by atoms with van der Waals surface area (Å²) in [5.41, 5.74) is 1.82. The number of rotatable bonds is 7. The van der Waals surface area contributed by atoms with Gasteiger partial charge < -0.3 is 4.74 Å². The molecule has 158 valence electrons. The molecule has 0 N–H and O–H groups in total. The highest BCUT2D eigenvalue weighted by molar-refractivity contribution is 7.48. The van der Waals surface area contributed by atoms with Crippen LogP contribution in [0.4, 0.5) is 10.5 Å². The number of carbonyl (C=O) groups is 1. The molecule has 8 nitrogen and oxygen atoms in total. The Bertz CT molecular complexity index is 857. The van der Waals surface area contributed by atoms with Crippen molar-refractivity contribution < 1.29 is 27.7 Å². The number of anilines is 1. The molecule has 0 bridgehead atoms. The second kappa shape index (κ2) is 8.85. The van der Waals surface area contributed by atoms with Gasteiger partial charge >= 0.3 is 13.9 Å². The van der Waals surface area contributed by atoms with Gasteiger partial charge in [0.25, 0.3) is 0 Å². The van der Waals surface area contributed by atoms with Gasteiger partial charge in [0.1, 0.15) is 6.07 Å². The maximum atomic E-state index is 13.0. The molecule has 1 unspecified atom stereocenters. The zero-order chi connectivity index (χ0) is 21.1. The molecule has 0 saturated heterocycles. The fourth-order valence-corrected chi connectivity index (χ4v) is 5.48. The van der Waals surface area contributed by atoms with E-state index in [0.717, 1.165) is 23.2 Å². The summed E-state index contributed by atoms with van der Waals surface area (Å²) < 4.78 is 34.6. The van der Waals surface area contributed by atoms with Gasteiger partial charge in [-0.15, -0.1) is 0 Å². The van der Waals surface area contributed by atoms with Gasteiger partial charge in [0.15, 0.2) is 5.60 Å². The van der Waals surface area contributed by atoms with E-state index in [0.29, 0.717) is 31.4 Å². The summed E-state index contributed by atoms with van der Waals surface area (Å²) in [6.45, 7) is 6.22. The second-order valence-electron chi connectivity index (χ2n) is 6.87. The second-order valence-corrected chi connectivity index (χ2v) is 8.46. The van der Waals surface area contributed by atoms with Crippen LogP contribution in [0.1, 0.15) is 50.3 Å². The third kappa shape index (κ3) is 4.06. The van der Waals surface area contributed by atoms with Crippen LogP contribution in [0.3, 0.4) is 0 Å². The minimum Gasteiger partial charge on any atom is -0.449 e. The smallest absolute Gasteiger partial charge is 0.449 e. The lowest BCUT2D eigenvalue weighted by Crippen LogP contribution is -2.35. The lowest BCUT2D eigenvalue weighted by Gasteiger charge is -2.36. The maximum Gasteiger partial charge on any atom is 0.476 e. The van der Waals surface area contributed by atoms with Crippen LogP contribution in [0, 0.1) is 11.3 Å². The number of benzene rings is 1. The highest BCUT2D eigenvalue weighted by atomic mass is 31.2. The summed E-state index contributed by atoms with van der Waals surface area (Å²) >= 11 is 0. The lowest BCUT2D eigenvalue weighted by atomic mass is 9.78. The van der Waals surface area contributed by atoms with Gasteiger partial charge in [-0.25, -0.2) is 9.36 Å². The number of hydrogen-bond acceptors (Lipinski definition) is 7. The maximum absolute atomic E-state index is 13.0. The molecule has 1 aromatic rings. The number of amides is 1. The van der Waals surface area contributed by atoms with Crippen molar-refractivity contribution in [3.63, 3.8) is 0 Å². The molecule has 29 heavy (non-hydrogen) atoms. The fraction of sp³-hybridized carbons (Fsp3) is 0.600. The quantitative estimate of drug-likeness (QED) is 0.598. The molecule has 1 amide bonds. The van der Waals surface area contributed by atoms with Crippen molar-refractivity contribution in [1.29, 1.82) is 5.26 Å². The summed E-state index contributed by atoms with van der Waals surface area (Å²) in [4.78, 5) is 14.1. The predicted octanol–water partition coefficient (Wildman–Crippen LogP) is 4.46. The Hall–Kier alpha value is -1.91. The third-order valence-electron chi connectivity index (χ3n) is 5.14. The zero-order valence-electron chi connectivity index (χ0n) is 17.1. The van der Waals surface area contributed by atoms with Gasteiger partial charge in [-0.05, 0) is 57.6 Å². The predicted molar refractivity (Wildman–Crippen MR) is 107 cm³/mol. The Labute approximate surface area is 171 Å². The zero-order valence-corrected chi connectivity index (χ0v) is 18.0. The number of nitriles is 1. The van der Waals surface area contributed by atoms with E-state index in [4.69, 9.17) is 18.3 Å². The molecule has 0 aromatic heterocycles. The number of phosphoric ester groups is 1. The van der Waals surface area contributed by atoms with Gasteiger partial charge in [-0.1, -0.05) is 12.1 Å². The Morgan fingerprint density at radius 2 is 1.93 bits per heavy atom. The monoisotopic (exact) mass is 422 g/mol. The summed E-state index contributed by atoms with van der Waals surface area (Å²) in [6.07, 6.45) is 2.01. The minimum atomic E-state index is -3.92. The lowest BCUT2D eigenvalue weighted by molar-refractivity contribution is 0.0341. The van der Waals surface area contributed by atoms with Crippen LogP contribution in [-0.4, -0.2) is 32.5 Å². The number of hydrogen-bond donors (Lipinski definition) is 0. The van der Waals surface area contributed by atoms with Gasteiger partial charge in [0, 0.05) is 12.1 Å². The first-order valence-corrected chi connectivity index (χ1v) is 11.5. The van der Waals surface area contributed by atoms with Crippen LogP contribution in [0.2, 0.25) is 0 Å². The van der Waals surface area contributed by atoms with Gasteiger partial charge in [0.2, 0.25) is 0 Å². The Morgan fingerprint density at radius 1 is 1.21 bits per heavy atom. The first-order valence-electron chi connectivity index (χ1n) is 10.0. The molecular weight excluding hydrogens is 395 g/mol. The highest BCUT2D eigenvalue weighted by Gasteiger charge is 2.47. The van der Waals surface area contributed by atoms with Crippen LogP contribution >= 0.6 is 7.82 Å².